The molecule has 98 valence electrons. The molecule has 0 aromatic rings. The predicted molar refractivity (Wildman–Crippen MR) is 66.6 cm³/mol. The van der Waals surface area contributed by atoms with Gasteiger partial charge in [-0.05, 0) is 44.1 Å². The van der Waals surface area contributed by atoms with E-state index >= 15 is 0 Å². The molecule has 2 aliphatic rings. The highest BCUT2D eigenvalue weighted by molar-refractivity contribution is 5.03. The molecule has 1 fully saturated rings. The van der Waals surface area contributed by atoms with Crippen LogP contribution in [0.2, 0.25) is 0 Å². The second kappa shape index (κ2) is 5.98. The van der Waals surface area contributed by atoms with Crippen molar-refractivity contribution in [2.45, 2.75) is 57.3 Å². The van der Waals surface area contributed by atoms with E-state index in [1.807, 2.05) is 0 Å². The lowest BCUT2D eigenvalue weighted by atomic mass is 9.97. The molecule has 1 spiro atoms. The van der Waals surface area contributed by atoms with Crippen LogP contribution in [-0.4, -0.2) is 30.2 Å². The fourth-order valence-electron chi connectivity index (χ4n) is 2.52. The van der Waals surface area contributed by atoms with E-state index < -0.39 is 5.79 Å². The summed E-state index contributed by atoms with van der Waals surface area (Å²) in [6.07, 6.45) is 10.9. The van der Waals surface area contributed by atoms with Gasteiger partial charge in [0.05, 0.1) is 12.7 Å². The molecule has 2 heterocycles. The average molecular weight is 240 g/mol. The molecule has 3 atom stereocenters. The molecule has 0 aliphatic carbocycles. The zero-order chi connectivity index (χ0) is 12.1. The number of hydrogen-bond acceptors (Lipinski definition) is 3. The number of hydrogen-bond donors (Lipinski definition) is 1. The summed E-state index contributed by atoms with van der Waals surface area (Å²) in [6, 6.07) is 0. The molecule has 0 amide bonds. The molecule has 2 rings (SSSR count). The maximum absolute atomic E-state index is 9.03. The van der Waals surface area contributed by atoms with Crippen LogP contribution in [0.15, 0.2) is 12.2 Å². The van der Waals surface area contributed by atoms with Crippen LogP contribution >= 0.6 is 0 Å². The Kier molecular flexibility index (Phi) is 4.60. The molecule has 1 saturated heterocycles. The Morgan fingerprint density at radius 3 is 3.06 bits per heavy atom. The Morgan fingerprint density at radius 2 is 2.35 bits per heavy atom. The van der Waals surface area contributed by atoms with Crippen LogP contribution in [-0.2, 0) is 9.47 Å². The lowest BCUT2D eigenvalue weighted by Crippen LogP contribution is -2.42. The zero-order valence-corrected chi connectivity index (χ0v) is 10.7. The first-order valence-electron chi connectivity index (χ1n) is 6.84. The van der Waals surface area contributed by atoms with Crippen LogP contribution in [0.5, 0.6) is 0 Å². The average Bonchev–Trinajstić information content (AvgIpc) is 2.37. The van der Waals surface area contributed by atoms with Gasteiger partial charge in [-0.25, -0.2) is 0 Å². The first-order valence-corrected chi connectivity index (χ1v) is 6.84. The minimum Gasteiger partial charge on any atom is -0.396 e. The monoisotopic (exact) mass is 240 g/mol. The van der Waals surface area contributed by atoms with Crippen molar-refractivity contribution in [3.8, 4) is 0 Å². The van der Waals surface area contributed by atoms with Crippen molar-refractivity contribution in [3.63, 3.8) is 0 Å². The molecular weight excluding hydrogens is 216 g/mol. The maximum atomic E-state index is 9.03. The smallest absolute Gasteiger partial charge is 0.188 e. The number of aliphatic hydroxyl groups excluding tert-OH is 1. The molecule has 0 saturated carbocycles. The standard InChI is InChI=1S/C14H24O3/c1-12(11-15)6-7-13-5-4-9-14(17-13)8-2-3-10-16-14/h4,9,12-13,15H,2-3,5-8,10-11H2,1H3/t12-,13-,14-/m0/s1. The van der Waals surface area contributed by atoms with Crippen molar-refractivity contribution in [1.29, 1.82) is 0 Å². The summed E-state index contributed by atoms with van der Waals surface area (Å²) in [5.41, 5.74) is 0. The summed E-state index contributed by atoms with van der Waals surface area (Å²) in [7, 11) is 0. The molecular formula is C14H24O3. The van der Waals surface area contributed by atoms with E-state index in [0.29, 0.717) is 5.92 Å². The first-order chi connectivity index (χ1) is 8.24. The molecule has 17 heavy (non-hydrogen) atoms. The molecule has 0 radical (unpaired) electrons. The number of ether oxygens (including phenoxy) is 2. The summed E-state index contributed by atoms with van der Waals surface area (Å²) in [5.74, 6) is -0.0587. The quantitative estimate of drug-likeness (QED) is 0.768. The van der Waals surface area contributed by atoms with E-state index in [4.69, 9.17) is 14.6 Å². The first kappa shape index (κ1) is 13.1. The van der Waals surface area contributed by atoms with Crippen molar-refractivity contribution in [3.05, 3.63) is 12.2 Å². The topological polar surface area (TPSA) is 38.7 Å². The Labute approximate surface area is 104 Å². The highest BCUT2D eigenvalue weighted by atomic mass is 16.7. The van der Waals surface area contributed by atoms with E-state index in [2.05, 4.69) is 19.1 Å². The van der Waals surface area contributed by atoms with Gasteiger partial charge in [0.15, 0.2) is 5.79 Å². The van der Waals surface area contributed by atoms with Gasteiger partial charge in [-0.2, -0.15) is 0 Å². The van der Waals surface area contributed by atoms with Gasteiger partial charge < -0.3 is 14.6 Å². The van der Waals surface area contributed by atoms with Gasteiger partial charge >= 0.3 is 0 Å². The Bertz CT molecular complexity index is 256. The van der Waals surface area contributed by atoms with Crippen molar-refractivity contribution in [2.24, 2.45) is 5.92 Å². The van der Waals surface area contributed by atoms with Gasteiger partial charge in [0.25, 0.3) is 0 Å². The predicted octanol–water partition coefficient (Wildman–Crippen LogP) is 2.64. The summed E-state index contributed by atoms with van der Waals surface area (Å²) < 4.78 is 11.9. The van der Waals surface area contributed by atoms with Gasteiger partial charge in [0, 0.05) is 13.0 Å². The summed E-state index contributed by atoms with van der Waals surface area (Å²) >= 11 is 0. The molecule has 0 bridgehead atoms. The normalized spacial score (nSPS) is 35.1. The third-order valence-electron chi connectivity index (χ3n) is 3.70. The van der Waals surface area contributed by atoms with Crippen molar-refractivity contribution < 1.29 is 14.6 Å². The number of aliphatic hydroxyl groups is 1. The van der Waals surface area contributed by atoms with Crippen LogP contribution in [0, 0.1) is 5.92 Å². The summed E-state index contributed by atoms with van der Waals surface area (Å²) in [6.45, 7) is 3.15. The Morgan fingerprint density at radius 1 is 1.47 bits per heavy atom. The van der Waals surface area contributed by atoms with Gasteiger partial charge in [-0.1, -0.05) is 13.0 Å². The largest absolute Gasteiger partial charge is 0.396 e. The van der Waals surface area contributed by atoms with E-state index in [-0.39, 0.29) is 12.7 Å². The molecule has 2 aliphatic heterocycles. The molecule has 3 heteroatoms. The Balaban J connectivity index is 1.84. The lowest BCUT2D eigenvalue weighted by molar-refractivity contribution is -0.251. The summed E-state index contributed by atoms with van der Waals surface area (Å²) in [4.78, 5) is 0. The fraction of sp³-hybridized carbons (Fsp3) is 0.857. The van der Waals surface area contributed by atoms with Gasteiger partial charge in [0.1, 0.15) is 0 Å². The van der Waals surface area contributed by atoms with Crippen LogP contribution in [0.4, 0.5) is 0 Å². The number of rotatable bonds is 4. The second-order valence-corrected chi connectivity index (χ2v) is 5.36. The minimum atomic E-state index is -0.427. The minimum absolute atomic E-state index is 0.257. The van der Waals surface area contributed by atoms with Gasteiger partial charge in [0.2, 0.25) is 0 Å². The van der Waals surface area contributed by atoms with E-state index in [1.165, 1.54) is 6.42 Å². The zero-order valence-electron chi connectivity index (χ0n) is 10.7. The van der Waals surface area contributed by atoms with Crippen LogP contribution in [0.1, 0.15) is 45.4 Å². The van der Waals surface area contributed by atoms with E-state index in [0.717, 1.165) is 38.7 Å². The molecule has 1 N–H and O–H groups in total. The van der Waals surface area contributed by atoms with Gasteiger partial charge in [-0.15, -0.1) is 0 Å². The fourth-order valence-corrected chi connectivity index (χ4v) is 2.52. The molecule has 3 nitrogen and oxygen atoms in total. The van der Waals surface area contributed by atoms with E-state index in [9.17, 15) is 0 Å². The third kappa shape index (κ3) is 3.54. The molecule has 0 aromatic carbocycles. The van der Waals surface area contributed by atoms with Gasteiger partial charge in [-0.3, -0.25) is 0 Å². The third-order valence-corrected chi connectivity index (χ3v) is 3.70. The van der Waals surface area contributed by atoms with Crippen molar-refractivity contribution >= 4 is 0 Å². The van der Waals surface area contributed by atoms with Crippen LogP contribution < -0.4 is 0 Å². The van der Waals surface area contributed by atoms with Crippen molar-refractivity contribution in [1.82, 2.24) is 0 Å². The van der Waals surface area contributed by atoms with E-state index in [1.54, 1.807) is 0 Å². The molecule has 0 aromatic heterocycles. The Hall–Kier alpha value is -0.380. The maximum Gasteiger partial charge on any atom is 0.188 e. The van der Waals surface area contributed by atoms with Crippen molar-refractivity contribution in [2.75, 3.05) is 13.2 Å². The molecule has 0 unspecified atom stereocenters. The SMILES string of the molecule is C[C@H](CO)CC[C@@H]1CC=C[C@]2(CCCCO2)O1. The van der Waals surface area contributed by atoms with Crippen LogP contribution in [0.3, 0.4) is 0 Å². The second-order valence-electron chi connectivity index (χ2n) is 5.36. The highest BCUT2D eigenvalue weighted by Crippen LogP contribution is 2.34. The highest BCUT2D eigenvalue weighted by Gasteiger charge is 2.36. The lowest BCUT2D eigenvalue weighted by Gasteiger charge is -2.40. The summed E-state index contributed by atoms with van der Waals surface area (Å²) in [5, 5.41) is 9.03. The van der Waals surface area contributed by atoms with Crippen LogP contribution in [0.25, 0.3) is 0 Å².